The molecule has 1 aromatic heterocycles. The van der Waals surface area contributed by atoms with Gasteiger partial charge in [-0.05, 0) is 30.9 Å². The zero-order valence-electron chi connectivity index (χ0n) is 13.7. The van der Waals surface area contributed by atoms with Gasteiger partial charge in [0.2, 0.25) is 0 Å². The minimum absolute atomic E-state index is 0.00159. The summed E-state index contributed by atoms with van der Waals surface area (Å²) in [7, 11) is 0. The zero-order chi connectivity index (χ0) is 16.5. The Kier molecular flexibility index (Phi) is 4.24. The summed E-state index contributed by atoms with van der Waals surface area (Å²) in [6.45, 7) is 3.72. The van der Waals surface area contributed by atoms with Crippen molar-refractivity contribution in [1.82, 2.24) is 15.2 Å². The van der Waals surface area contributed by atoms with Crippen molar-refractivity contribution in [2.24, 2.45) is 0 Å². The summed E-state index contributed by atoms with van der Waals surface area (Å²) in [6, 6.07) is 8.49. The first kappa shape index (κ1) is 15.6. The first-order valence-corrected chi connectivity index (χ1v) is 9.25. The Balaban J connectivity index is 1.41. The molecule has 4 rings (SSSR count). The minimum atomic E-state index is -0.112. The van der Waals surface area contributed by atoms with Crippen LogP contribution in [0.1, 0.15) is 40.4 Å². The lowest BCUT2D eigenvalue weighted by molar-refractivity contribution is -0.0159. The molecule has 126 valence electrons. The molecule has 0 bridgehead atoms. The Hall–Kier alpha value is -1.92. The van der Waals surface area contributed by atoms with Crippen LogP contribution in [0, 0.1) is 6.92 Å². The summed E-state index contributed by atoms with van der Waals surface area (Å²) < 4.78 is 5.81. The first-order chi connectivity index (χ1) is 11.7. The van der Waals surface area contributed by atoms with Crippen molar-refractivity contribution < 1.29 is 9.53 Å². The van der Waals surface area contributed by atoms with Crippen molar-refractivity contribution in [3.05, 3.63) is 51.5 Å². The average molecular weight is 343 g/mol. The molecule has 1 saturated heterocycles. The summed E-state index contributed by atoms with van der Waals surface area (Å²) in [5, 5.41) is 6.17. The third kappa shape index (κ3) is 3.03. The van der Waals surface area contributed by atoms with Crippen LogP contribution >= 0.6 is 11.3 Å². The molecule has 2 aromatic rings. The molecule has 1 N–H and O–H groups in total. The van der Waals surface area contributed by atoms with E-state index in [1.807, 2.05) is 23.3 Å². The maximum absolute atomic E-state index is 12.7. The van der Waals surface area contributed by atoms with Crippen molar-refractivity contribution >= 4 is 17.4 Å². The predicted octanol–water partition coefficient (Wildman–Crippen LogP) is 3.22. The van der Waals surface area contributed by atoms with Gasteiger partial charge in [-0.1, -0.05) is 24.3 Å². The van der Waals surface area contributed by atoms with Crippen LogP contribution in [0.5, 0.6) is 0 Å². The number of hydrogen-bond donors (Lipinski definition) is 1. The second-order valence-electron chi connectivity index (χ2n) is 6.37. The van der Waals surface area contributed by atoms with Crippen LogP contribution in [0.15, 0.2) is 29.6 Å². The Morgan fingerprint density at radius 1 is 1.42 bits per heavy atom. The van der Waals surface area contributed by atoms with Crippen molar-refractivity contribution in [3.63, 3.8) is 0 Å². The molecule has 1 aliphatic heterocycles. The summed E-state index contributed by atoms with van der Waals surface area (Å²) in [6.07, 6.45) is 1.90. The van der Waals surface area contributed by atoms with E-state index in [4.69, 9.17) is 4.74 Å². The summed E-state index contributed by atoms with van der Waals surface area (Å²) in [4.78, 5) is 19.0. The van der Waals surface area contributed by atoms with Gasteiger partial charge in [0.15, 0.2) is 0 Å². The van der Waals surface area contributed by atoms with Crippen LogP contribution in [-0.2, 0) is 11.2 Å². The van der Waals surface area contributed by atoms with Gasteiger partial charge in [0.25, 0.3) is 0 Å². The monoisotopic (exact) mass is 343 g/mol. The lowest BCUT2D eigenvalue weighted by Gasteiger charge is -2.33. The second-order valence-corrected chi connectivity index (χ2v) is 7.26. The Labute approximate surface area is 145 Å². The number of rotatable bonds is 2. The third-order valence-electron chi connectivity index (χ3n) is 4.70. The fraction of sp³-hybridized carbons (Fsp3) is 0.444. The zero-order valence-corrected chi connectivity index (χ0v) is 14.5. The van der Waals surface area contributed by atoms with Crippen LogP contribution in [0.25, 0.3) is 0 Å². The van der Waals surface area contributed by atoms with Crippen LogP contribution < -0.4 is 5.32 Å². The number of nitrogens with zero attached hydrogens (tertiary/aromatic N) is 2. The number of urea groups is 1. The van der Waals surface area contributed by atoms with Gasteiger partial charge in [0.1, 0.15) is 11.1 Å². The van der Waals surface area contributed by atoms with E-state index >= 15 is 0 Å². The molecule has 0 spiro atoms. The van der Waals surface area contributed by atoms with Crippen molar-refractivity contribution in [1.29, 1.82) is 0 Å². The molecule has 2 atom stereocenters. The fourth-order valence-electron chi connectivity index (χ4n) is 3.45. The maximum atomic E-state index is 12.7. The Morgan fingerprint density at radius 3 is 3.12 bits per heavy atom. The van der Waals surface area contributed by atoms with E-state index in [1.165, 1.54) is 11.1 Å². The number of thiazole rings is 1. The number of benzene rings is 1. The van der Waals surface area contributed by atoms with E-state index in [-0.39, 0.29) is 18.2 Å². The highest BCUT2D eigenvalue weighted by Gasteiger charge is 2.30. The molecular weight excluding hydrogens is 322 g/mol. The van der Waals surface area contributed by atoms with E-state index < -0.39 is 0 Å². The van der Waals surface area contributed by atoms with Gasteiger partial charge in [-0.2, -0.15) is 0 Å². The van der Waals surface area contributed by atoms with Crippen LogP contribution in [0.3, 0.4) is 0 Å². The SMILES string of the molecule is Cc1csc([C@@H]2CN(C(=O)N[C@@H]3CCc4ccccc43)CCO2)n1. The van der Waals surface area contributed by atoms with E-state index in [1.54, 1.807) is 11.3 Å². The lowest BCUT2D eigenvalue weighted by atomic mass is 10.1. The summed E-state index contributed by atoms with van der Waals surface area (Å²) in [5.74, 6) is 0. The van der Waals surface area contributed by atoms with Gasteiger partial charge >= 0.3 is 6.03 Å². The molecule has 1 aliphatic carbocycles. The van der Waals surface area contributed by atoms with Gasteiger partial charge in [-0.15, -0.1) is 11.3 Å². The predicted molar refractivity (Wildman–Crippen MR) is 93.2 cm³/mol. The number of carbonyl (C=O) groups is 1. The molecule has 2 aliphatic rings. The minimum Gasteiger partial charge on any atom is -0.367 e. The molecular formula is C18H21N3O2S. The van der Waals surface area contributed by atoms with Gasteiger partial charge in [-0.3, -0.25) is 0 Å². The first-order valence-electron chi connectivity index (χ1n) is 8.37. The summed E-state index contributed by atoms with van der Waals surface area (Å²) >= 11 is 1.60. The van der Waals surface area contributed by atoms with Crippen LogP contribution in [-0.4, -0.2) is 35.6 Å². The lowest BCUT2D eigenvalue weighted by Crippen LogP contribution is -2.47. The number of fused-ring (bicyclic) bond motifs is 1. The number of aryl methyl sites for hydroxylation is 2. The fourth-order valence-corrected chi connectivity index (χ4v) is 4.29. The largest absolute Gasteiger partial charge is 0.367 e. The Bertz CT molecular complexity index is 745. The van der Waals surface area contributed by atoms with E-state index in [0.29, 0.717) is 19.7 Å². The van der Waals surface area contributed by atoms with Crippen LogP contribution in [0.4, 0.5) is 4.79 Å². The highest BCUT2D eigenvalue weighted by molar-refractivity contribution is 7.09. The van der Waals surface area contributed by atoms with Gasteiger partial charge < -0.3 is 15.0 Å². The molecule has 6 heteroatoms. The molecule has 0 unspecified atom stereocenters. The molecule has 1 fully saturated rings. The highest BCUT2D eigenvalue weighted by atomic mass is 32.1. The van der Waals surface area contributed by atoms with Crippen molar-refractivity contribution in [2.75, 3.05) is 19.7 Å². The third-order valence-corrected chi connectivity index (χ3v) is 5.75. The second kappa shape index (κ2) is 6.53. The number of ether oxygens (including phenoxy) is 1. The van der Waals surface area contributed by atoms with Crippen molar-refractivity contribution in [3.8, 4) is 0 Å². The smallest absolute Gasteiger partial charge is 0.318 e. The number of amides is 2. The maximum Gasteiger partial charge on any atom is 0.318 e. The number of hydrogen-bond acceptors (Lipinski definition) is 4. The molecule has 0 saturated carbocycles. The van der Waals surface area contributed by atoms with E-state index in [0.717, 1.165) is 23.5 Å². The van der Waals surface area contributed by atoms with Gasteiger partial charge in [-0.25, -0.2) is 9.78 Å². The van der Waals surface area contributed by atoms with Crippen molar-refractivity contribution in [2.45, 2.75) is 31.9 Å². The highest BCUT2D eigenvalue weighted by Crippen LogP contribution is 2.31. The summed E-state index contributed by atoms with van der Waals surface area (Å²) in [5.41, 5.74) is 3.61. The molecule has 5 nitrogen and oxygen atoms in total. The van der Waals surface area contributed by atoms with E-state index in [2.05, 4.69) is 28.5 Å². The van der Waals surface area contributed by atoms with Gasteiger partial charge in [0, 0.05) is 17.6 Å². The molecule has 2 amide bonds. The quantitative estimate of drug-likeness (QED) is 0.911. The van der Waals surface area contributed by atoms with Gasteiger partial charge in [0.05, 0.1) is 19.2 Å². The molecule has 0 radical (unpaired) electrons. The number of aromatic nitrogens is 1. The normalized spacial score (nSPS) is 23.1. The number of carbonyl (C=O) groups excluding carboxylic acids is 1. The average Bonchev–Trinajstić information content (AvgIpc) is 3.22. The number of morpholine rings is 1. The topological polar surface area (TPSA) is 54.5 Å². The number of nitrogens with one attached hydrogen (secondary N) is 1. The molecule has 2 heterocycles. The molecule has 24 heavy (non-hydrogen) atoms. The molecule has 1 aromatic carbocycles. The Morgan fingerprint density at radius 2 is 2.29 bits per heavy atom. The van der Waals surface area contributed by atoms with E-state index in [9.17, 15) is 4.79 Å². The van der Waals surface area contributed by atoms with Crippen LogP contribution in [0.2, 0.25) is 0 Å². The standard InChI is InChI=1S/C18H21N3O2S/c1-12-11-24-17(19-12)16-10-21(8-9-23-16)18(22)20-15-7-6-13-4-2-3-5-14(13)15/h2-5,11,15-16H,6-10H2,1H3,(H,20,22)/t15-,16+/m1/s1.